The molecule has 4 aromatic rings. The second-order valence-electron chi connectivity index (χ2n) is 8.91. The maximum Gasteiger partial charge on any atom is 0.311 e. The van der Waals surface area contributed by atoms with Crippen LogP contribution < -0.4 is 9.47 Å². The average Bonchev–Trinajstić information content (AvgIpc) is 3.11. The first-order valence-corrected chi connectivity index (χ1v) is 13.3. The molecule has 0 aliphatic carbocycles. The van der Waals surface area contributed by atoms with Crippen LogP contribution in [0.3, 0.4) is 0 Å². The molecule has 0 bridgehead atoms. The third-order valence-corrected chi connectivity index (χ3v) is 8.28. The van der Waals surface area contributed by atoms with Gasteiger partial charge in [0.2, 0.25) is 0 Å². The summed E-state index contributed by atoms with van der Waals surface area (Å²) in [7, 11) is -3.37. The number of esters is 2. The van der Waals surface area contributed by atoms with E-state index in [1.807, 2.05) is 60.7 Å². The molecule has 1 aliphatic heterocycles. The van der Waals surface area contributed by atoms with E-state index in [0.717, 1.165) is 21.5 Å². The minimum atomic E-state index is -3.37. The van der Waals surface area contributed by atoms with Crippen molar-refractivity contribution in [1.82, 2.24) is 0 Å². The Morgan fingerprint density at radius 1 is 0.629 bits per heavy atom. The van der Waals surface area contributed by atoms with Gasteiger partial charge in [-0.3, -0.25) is 9.59 Å². The Morgan fingerprint density at radius 2 is 1.03 bits per heavy atom. The van der Waals surface area contributed by atoms with Crippen LogP contribution in [-0.4, -0.2) is 31.9 Å². The van der Waals surface area contributed by atoms with Gasteiger partial charge in [0.15, 0.2) is 9.84 Å². The quantitative estimate of drug-likeness (QED) is 0.282. The maximum atomic E-state index is 12.8. The van der Waals surface area contributed by atoms with Crippen molar-refractivity contribution >= 4 is 43.3 Å². The topological polar surface area (TPSA) is 86.7 Å². The van der Waals surface area contributed by atoms with Gasteiger partial charge in [0.25, 0.3) is 0 Å². The number of ether oxygens (including phenoxy) is 2. The first-order chi connectivity index (χ1) is 16.9. The van der Waals surface area contributed by atoms with Gasteiger partial charge in [0, 0.05) is 10.8 Å². The smallest absolute Gasteiger partial charge is 0.311 e. The van der Waals surface area contributed by atoms with Crippen molar-refractivity contribution in [2.24, 2.45) is 11.8 Å². The normalized spacial score (nSPS) is 19.0. The van der Waals surface area contributed by atoms with Gasteiger partial charge in [-0.15, -0.1) is 0 Å². The van der Waals surface area contributed by atoms with Gasteiger partial charge in [-0.25, -0.2) is 8.42 Å². The molecule has 2 atom stereocenters. The highest BCUT2D eigenvalue weighted by Crippen LogP contribution is 2.33. The van der Waals surface area contributed by atoms with Gasteiger partial charge < -0.3 is 9.47 Å². The molecule has 0 N–H and O–H groups in total. The largest absolute Gasteiger partial charge is 0.426 e. The van der Waals surface area contributed by atoms with Crippen LogP contribution in [-0.2, 0) is 19.4 Å². The van der Waals surface area contributed by atoms with E-state index < -0.39 is 33.6 Å². The van der Waals surface area contributed by atoms with E-state index in [1.165, 1.54) is 0 Å². The van der Waals surface area contributed by atoms with E-state index in [2.05, 4.69) is 0 Å². The molecule has 6 nitrogen and oxygen atoms in total. The number of benzene rings is 4. The Morgan fingerprint density at radius 3 is 1.49 bits per heavy atom. The van der Waals surface area contributed by atoms with Crippen molar-refractivity contribution in [2.75, 3.05) is 11.5 Å². The van der Waals surface area contributed by atoms with Crippen LogP contribution >= 0.6 is 0 Å². The van der Waals surface area contributed by atoms with Crippen molar-refractivity contribution in [1.29, 1.82) is 0 Å². The molecule has 178 valence electrons. The molecule has 35 heavy (non-hydrogen) atoms. The van der Waals surface area contributed by atoms with Crippen molar-refractivity contribution in [3.63, 3.8) is 0 Å². The lowest BCUT2D eigenvalue weighted by Crippen LogP contribution is -2.23. The monoisotopic (exact) mass is 488 g/mol. The van der Waals surface area contributed by atoms with E-state index in [9.17, 15) is 18.0 Å². The predicted octanol–water partition coefficient (Wildman–Crippen LogP) is 4.95. The number of sulfone groups is 1. The summed E-state index contributed by atoms with van der Waals surface area (Å²) < 4.78 is 36.0. The number of hydrogen-bond acceptors (Lipinski definition) is 6. The molecule has 7 heteroatoms. The molecule has 4 aromatic carbocycles. The standard InChI is InChI=1S/C28H24O6S/c29-27(33-25-13-5-9-19-7-1-3-11-23(19)25)15-21-17-35(31,32)18-22(21)16-28(30)34-26-14-6-10-20-8-2-4-12-24(20)26/h1-14,21-22H,15-18H2/t21-,22-/m0/s1. The number of rotatable bonds is 6. The van der Waals surface area contributed by atoms with Crippen molar-refractivity contribution in [3.05, 3.63) is 84.9 Å². The number of carbonyl (C=O) groups is 2. The molecule has 0 radical (unpaired) electrons. The third-order valence-electron chi connectivity index (χ3n) is 6.41. The van der Waals surface area contributed by atoms with Crippen LogP contribution in [0.5, 0.6) is 11.5 Å². The lowest BCUT2D eigenvalue weighted by atomic mass is 9.90. The second-order valence-corrected chi connectivity index (χ2v) is 11.1. The summed E-state index contributed by atoms with van der Waals surface area (Å²) >= 11 is 0. The Balaban J connectivity index is 1.28. The van der Waals surface area contributed by atoms with Gasteiger partial charge in [-0.1, -0.05) is 72.8 Å². The highest BCUT2D eigenvalue weighted by Gasteiger charge is 2.40. The average molecular weight is 489 g/mol. The third kappa shape index (κ3) is 5.20. The second kappa shape index (κ2) is 9.50. The summed E-state index contributed by atoms with van der Waals surface area (Å²) in [6.07, 6.45) is -0.177. The van der Waals surface area contributed by atoms with Crippen molar-refractivity contribution < 1.29 is 27.5 Å². The first kappa shape index (κ1) is 23.1. The lowest BCUT2D eigenvalue weighted by molar-refractivity contribution is -0.138. The summed E-state index contributed by atoms with van der Waals surface area (Å²) in [4.78, 5) is 25.5. The summed E-state index contributed by atoms with van der Waals surface area (Å²) in [6, 6.07) is 26.0. The minimum Gasteiger partial charge on any atom is -0.426 e. The zero-order valence-electron chi connectivity index (χ0n) is 18.9. The zero-order valence-corrected chi connectivity index (χ0v) is 19.7. The molecule has 1 fully saturated rings. The molecule has 1 saturated heterocycles. The van der Waals surface area contributed by atoms with Gasteiger partial charge in [-0.2, -0.15) is 0 Å². The summed E-state index contributed by atoms with van der Waals surface area (Å²) in [5.41, 5.74) is 0. The van der Waals surface area contributed by atoms with Crippen molar-refractivity contribution in [3.8, 4) is 11.5 Å². The Kier molecular flexibility index (Phi) is 6.26. The first-order valence-electron chi connectivity index (χ1n) is 11.5. The molecular weight excluding hydrogens is 464 g/mol. The zero-order chi connectivity index (χ0) is 24.4. The molecule has 0 aromatic heterocycles. The molecule has 5 rings (SSSR count). The van der Waals surface area contributed by atoms with Crippen LogP contribution in [0.4, 0.5) is 0 Å². The number of carbonyl (C=O) groups excluding carboxylic acids is 2. The Labute approximate surface area is 203 Å². The number of fused-ring (bicyclic) bond motifs is 2. The van der Waals surface area contributed by atoms with E-state index in [1.54, 1.807) is 24.3 Å². The van der Waals surface area contributed by atoms with Crippen LogP contribution in [0.2, 0.25) is 0 Å². The molecule has 0 spiro atoms. The molecule has 0 saturated carbocycles. The fraction of sp³-hybridized carbons (Fsp3) is 0.214. The lowest BCUT2D eigenvalue weighted by Gasteiger charge is -2.17. The molecule has 0 amide bonds. The van der Waals surface area contributed by atoms with E-state index in [0.29, 0.717) is 11.5 Å². The van der Waals surface area contributed by atoms with Gasteiger partial charge in [-0.05, 0) is 34.7 Å². The van der Waals surface area contributed by atoms with E-state index in [-0.39, 0.29) is 24.3 Å². The van der Waals surface area contributed by atoms with Crippen LogP contribution in [0.15, 0.2) is 84.9 Å². The van der Waals surface area contributed by atoms with E-state index >= 15 is 0 Å². The fourth-order valence-electron chi connectivity index (χ4n) is 4.77. The van der Waals surface area contributed by atoms with Crippen LogP contribution in [0.25, 0.3) is 21.5 Å². The highest BCUT2D eigenvalue weighted by molar-refractivity contribution is 7.91. The fourth-order valence-corrected chi connectivity index (χ4v) is 6.99. The summed E-state index contributed by atoms with van der Waals surface area (Å²) in [5.74, 6) is -1.49. The molecule has 1 aliphatic rings. The SMILES string of the molecule is O=C(C[C@H]1CS(=O)(=O)C[C@@H]1CC(=O)Oc1cccc2ccccc12)Oc1cccc2ccccc12. The van der Waals surface area contributed by atoms with E-state index in [4.69, 9.17) is 9.47 Å². The van der Waals surface area contributed by atoms with Gasteiger partial charge in [0.05, 0.1) is 24.3 Å². The van der Waals surface area contributed by atoms with Crippen LogP contribution in [0.1, 0.15) is 12.8 Å². The van der Waals surface area contributed by atoms with Gasteiger partial charge in [0.1, 0.15) is 11.5 Å². The summed E-state index contributed by atoms with van der Waals surface area (Å²) in [6.45, 7) is 0. The number of hydrogen-bond donors (Lipinski definition) is 0. The maximum absolute atomic E-state index is 12.8. The minimum absolute atomic E-state index is 0.0886. The van der Waals surface area contributed by atoms with Crippen molar-refractivity contribution in [2.45, 2.75) is 12.8 Å². The molecule has 0 unspecified atom stereocenters. The van der Waals surface area contributed by atoms with Crippen LogP contribution in [0, 0.1) is 11.8 Å². The molecule has 1 heterocycles. The predicted molar refractivity (Wildman–Crippen MR) is 134 cm³/mol. The Hall–Kier alpha value is -3.71. The highest BCUT2D eigenvalue weighted by atomic mass is 32.2. The molecular formula is C28H24O6S. The summed E-state index contributed by atoms with van der Waals surface area (Å²) in [5, 5.41) is 3.49. The Bertz CT molecular complexity index is 1410. The van der Waals surface area contributed by atoms with Gasteiger partial charge >= 0.3 is 11.9 Å².